The van der Waals surface area contributed by atoms with Crippen molar-refractivity contribution in [2.45, 2.75) is 19.1 Å². The Hall–Kier alpha value is -1.10. The summed E-state index contributed by atoms with van der Waals surface area (Å²) in [6.07, 6.45) is -0.456. The van der Waals surface area contributed by atoms with E-state index in [4.69, 9.17) is 0 Å². The summed E-state index contributed by atoms with van der Waals surface area (Å²) >= 11 is 0. The molecule has 1 saturated heterocycles. The van der Waals surface area contributed by atoms with Crippen LogP contribution in [0, 0.1) is 0 Å². The first-order chi connectivity index (χ1) is 8.63. The fraction of sp³-hybridized carbons (Fsp3) is 0.500. The van der Waals surface area contributed by atoms with Crippen molar-refractivity contribution in [1.82, 2.24) is 9.80 Å². The van der Waals surface area contributed by atoms with Gasteiger partial charge in [0.05, 0.1) is 12.1 Å². The molecule has 1 aliphatic heterocycles. The average molecular weight is 285 g/mol. The Balaban J connectivity index is 0.00000180. The topological polar surface area (TPSA) is 43.8 Å². The molecule has 4 nitrogen and oxygen atoms in total. The predicted molar refractivity (Wildman–Crippen MR) is 77.7 cm³/mol. The summed E-state index contributed by atoms with van der Waals surface area (Å²) in [7, 11) is 1.77. The number of likely N-dealkylation sites (N-methyl/N-ethyl adjacent to an activating group) is 2. The number of hydrogen-bond donors (Lipinski definition) is 1. The van der Waals surface area contributed by atoms with Crippen LogP contribution < -0.4 is 0 Å². The second kappa shape index (κ2) is 6.89. The van der Waals surface area contributed by atoms with Gasteiger partial charge in [0.1, 0.15) is 0 Å². The Morgan fingerprint density at radius 1 is 1.37 bits per heavy atom. The Labute approximate surface area is 120 Å². The van der Waals surface area contributed by atoms with Crippen LogP contribution in [0.2, 0.25) is 0 Å². The van der Waals surface area contributed by atoms with Crippen molar-refractivity contribution in [3.63, 3.8) is 0 Å². The van der Waals surface area contributed by atoms with E-state index in [2.05, 4.69) is 11.8 Å². The molecular formula is C14H21ClN2O2. The number of halogens is 1. The van der Waals surface area contributed by atoms with E-state index in [0.29, 0.717) is 12.1 Å². The van der Waals surface area contributed by atoms with E-state index in [-0.39, 0.29) is 24.4 Å². The Bertz CT molecular complexity index is 413. The van der Waals surface area contributed by atoms with Crippen molar-refractivity contribution < 1.29 is 9.90 Å². The summed E-state index contributed by atoms with van der Waals surface area (Å²) in [5, 5.41) is 10.0. The lowest BCUT2D eigenvalue weighted by Crippen LogP contribution is -2.44. The molecule has 1 fully saturated rings. The summed E-state index contributed by atoms with van der Waals surface area (Å²) in [5.41, 5.74) is 0.669. The van der Waals surface area contributed by atoms with Gasteiger partial charge >= 0.3 is 0 Å². The lowest BCUT2D eigenvalue weighted by atomic mass is 10.1. The predicted octanol–water partition coefficient (Wildman–Crippen LogP) is 1.25. The smallest absolute Gasteiger partial charge is 0.253 e. The van der Waals surface area contributed by atoms with Gasteiger partial charge in [0.15, 0.2) is 0 Å². The van der Waals surface area contributed by atoms with Crippen molar-refractivity contribution in [3.8, 4) is 0 Å². The maximum absolute atomic E-state index is 12.3. The second-order valence-corrected chi connectivity index (χ2v) is 4.77. The van der Waals surface area contributed by atoms with Crippen LogP contribution in [0.4, 0.5) is 0 Å². The van der Waals surface area contributed by atoms with Gasteiger partial charge in [-0.05, 0) is 18.7 Å². The fourth-order valence-electron chi connectivity index (χ4n) is 2.42. The van der Waals surface area contributed by atoms with E-state index >= 15 is 0 Å². The minimum atomic E-state index is -0.456. The van der Waals surface area contributed by atoms with Crippen LogP contribution in [0.1, 0.15) is 17.3 Å². The zero-order valence-electron chi connectivity index (χ0n) is 11.3. The minimum Gasteiger partial charge on any atom is -0.390 e. The third kappa shape index (κ3) is 3.47. The van der Waals surface area contributed by atoms with Gasteiger partial charge in [-0.2, -0.15) is 0 Å². The molecule has 0 unspecified atom stereocenters. The van der Waals surface area contributed by atoms with Crippen LogP contribution in [0.5, 0.6) is 0 Å². The van der Waals surface area contributed by atoms with Gasteiger partial charge in [-0.25, -0.2) is 0 Å². The van der Waals surface area contributed by atoms with Crippen LogP contribution in [0.25, 0.3) is 0 Å². The van der Waals surface area contributed by atoms with E-state index in [1.54, 1.807) is 24.1 Å². The largest absolute Gasteiger partial charge is 0.390 e. The van der Waals surface area contributed by atoms with Crippen LogP contribution in [0.3, 0.4) is 0 Å². The molecule has 0 bridgehead atoms. The molecule has 1 N–H and O–H groups in total. The Kier molecular flexibility index (Phi) is 5.79. The first kappa shape index (κ1) is 16.0. The normalized spacial score (nSPS) is 22.9. The summed E-state index contributed by atoms with van der Waals surface area (Å²) in [6, 6.07) is 9.09. The van der Waals surface area contributed by atoms with Crippen LogP contribution in [-0.2, 0) is 0 Å². The van der Waals surface area contributed by atoms with Gasteiger partial charge in [-0.3, -0.25) is 9.69 Å². The van der Waals surface area contributed by atoms with Gasteiger partial charge < -0.3 is 10.0 Å². The standard InChI is InChI=1S/C14H20N2O2.ClH/c1-3-16-9-12(13(17)10-16)15(2)14(18)11-7-5-4-6-8-11;/h4-8,12-13,17H,3,9-10H2,1-2H3;1H/t12-,13-;/m1./s1. The van der Waals surface area contributed by atoms with E-state index in [1.807, 2.05) is 18.2 Å². The summed E-state index contributed by atoms with van der Waals surface area (Å²) in [6.45, 7) is 4.36. The number of benzene rings is 1. The summed E-state index contributed by atoms with van der Waals surface area (Å²) in [4.78, 5) is 16.1. The molecule has 0 spiro atoms. The zero-order chi connectivity index (χ0) is 13.1. The number of aliphatic hydroxyl groups excluding tert-OH is 1. The SMILES string of the molecule is CCN1C[C@@H](O)[C@H](N(C)C(=O)c2ccccc2)C1.Cl. The van der Waals surface area contributed by atoms with Crippen molar-refractivity contribution in [2.75, 3.05) is 26.7 Å². The quantitative estimate of drug-likeness (QED) is 0.908. The molecule has 0 saturated carbocycles. The average Bonchev–Trinajstić information content (AvgIpc) is 2.79. The van der Waals surface area contributed by atoms with Crippen molar-refractivity contribution >= 4 is 18.3 Å². The Morgan fingerprint density at radius 2 is 2.00 bits per heavy atom. The number of aliphatic hydroxyl groups is 1. The third-order valence-corrected chi connectivity index (χ3v) is 3.62. The molecule has 0 aliphatic carbocycles. The molecule has 0 aromatic heterocycles. The highest BCUT2D eigenvalue weighted by Crippen LogP contribution is 2.17. The first-order valence-corrected chi connectivity index (χ1v) is 6.36. The van der Waals surface area contributed by atoms with Gasteiger partial charge in [0.25, 0.3) is 5.91 Å². The van der Waals surface area contributed by atoms with E-state index in [1.165, 1.54) is 0 Å². The molecule has 1 heterocycles. The highest BCUT2D eigenvalue weighted by atomic mass is 35.5. The van der Waals surface area contributed by atoms with E-state index in [9.17, 15) is 9.90 Å². The molecule has 2 atom stereocenters. The second-order valence-electron chi connectivity index (χ2n) is 4.77. The van der Waals surface area contributed by atoms with Crippen molar-refractivity contribution in [2.24, 2.45) is 0 Å². The number of rotatable bonds is 3. The minimum absolute atomic E-state index is 0. The molecule has 5 heteroatoms. The molecule has 2 rings (SSSR count). The molecule has 1 aliphatic rings. The fourth-order valence-corrected chi connectivity index (χ4v) is 2.42. The van der Waals surface area contributed by atoms with Crippen LogP contribution >= 0.6 is 12.4 Å². The highest BCUT2D eigenvalue weighted by molar-refractivity contribution is 5.94. The molecule has 1 aromatic rings. The first-order valence-electron chi connectivity index (χ1n) is 6.36. The van der Waals surface area contributed by atoms with Crippen molar-refractivity contribution in [3.05, 3.63) is 35.9 Å². The van der Waals surface area contributed by atoms with Gasteiger partial charge in [-0.1, -0.05) is 25.1 Å². The summed E-state index contributed by atoms with van der Waals surface area (Å²) in [5.74, 6) is -0.0300. The number of amides is 1. The highest BCUT2D eigenvalue weighted by Gasteiger charge is 2.35. The Morgan fingerprint density at radius 3 is 2.53 bits per heavy atom. The van der Waals surface area contributed by atoms with E-state index in [0.717, 1.165) is 13.1 Å². The molecule has 1 amide bonds. The number of nitrogens with zero attached hydrogens (tertiary/aromatic N) is 2. The van der Waals surface area contributed by atoms with Gasteiger partial charge in [0, 0.05) is 25.7 Å². The zero-order valence-corrected chi connectivity index (χ0v) is 12.1. The van der Waals surface area contributed by atoms with Gasteiger partial charge in [0.2, 0.25) is 0 Å². The van der Waals surface area contributed by atoms with Gasteiger partial charge in [-0.15, -0.1) is 12.4 Å². The maximum atomic E-state index is 12.3. The number of carbonyl (C=O) groups is 1. The molecular weight excluding hydrogens is 264 g/mol. The molecule has 1 aromatic carbocycles. The summed E-state index contributed by atoms with van der Waals surface area (Å²) < 4.78 is 0. The monoisotopic (exact) mass is 284 g/mol. The third-order valence-electron chi connectivity index (χ3n) is 3.62. The lowest BCUT2D eigenvalue weighted by molar-refractivity contribution is 0.0581. The maximum Gasteiger partial charge on any atom is 0.253 e. The van der Waals surface area contributed by atoms with Crippen LogP contribution in [0.15, 0.2) is 30.3 Å². The molecule has 106 valence electrons. The van der Waals surface area contributed by atoms with Crippen LogP contribution in [-0.4, -0.2) is 59.6 Å². The lowest BCUT2D eigenvalue weighted by Gasteiger charge is -2.26. The number of hydrogen-bond acceptors (Lipinski definition) is 3. The number of carbonyl (C=O) groups excluding carboxylic acids is 1. The number of likely N-dealkylation sites (tertiary alicyclic amines) is 1. The molecule has 19 heavy (non-hydrogen) atoms. The number of β-amino-alcohol motifs (C(OH)–C–C–N with tert-alkyl or cyclic N) is 1. The van der Waals surface area contributed by atoms with E-state index < -0.39 is 6.10 Å². The van der Waals surface area contributed by atoms with Crippen molar-refractivity contribution in [1.29, 1.82) is 0 Å². The molecule has 0 radical (unpaired) electrons.